The van der Waals surface area contributed by atoms with Crippen LogP contribution in [0.2, 0.25) is 0 Å². The van der Waals surface area contributed by atoms with Crippen molar-refractivity contribution in [3.8, 4) is 0 Å². The topological polar surface area (TPSA) is 33.3 Å². The van der Waals surface area contributed by atoms with Gasteiger partial charge in [-0.3, -0.25) is 10.6 Å². The van der Waals surface area contributed by atoms with Crippen LogP contribution < -0.4 is 10.6 Å². The molecule has 3 nitrogen and oxygen atoms in total. The number of hydrogen-bond acceptors (Lipinski definition) is 3. The zero-order valence-corrected chi connectivity index (χ0v) is 5.11. The van der Waals surface area contributed by atoms with E-state index < -0.39 is 0 Å². The number of rotatable bonds is 1. The molecule has 1 fully saturated rings. The highest BCUT2D eigenvalue weighted by atomic mass is 16.5. The van der Waals surface area contributed by atoms with Gasteiger partial charge in [0.2, 0.25) is 0 Å². The van der Waals surface area contributed by atoms with Gasteiger partial charge in [0.05, 0.1) is 6.61 Å². The van der Waals surface area contributed by atoms with Gasteiger partial charge in [-0.25, -0.2) is 0 Å². The molecule has 2 N–H and O–H groups in total. The van der Waals surface area contributed by atoms with Crippen molar-refractivity contribution in [3.05, 3.63) is 0 Å². The Morgan fingerprint density at radius 1 is 1.75 bits per heavy atom. The van der Waals surface area contributed by atoms with Crippen molar-refractivity contribution in [2.45, 2.75) is 12.8 Å². The fourth-order valence-electron chi connectivity index (χ4n) is 0.751. The fourth-order valence-corrected chi connectivity index (χ4v) is 0.751. The number of nitrogens with one attached hydrogen (secondary N) is 2. The lowest BCUT2D eigenvalue weighted by atomic mass is 10.4. The van der Waals surface area contributed by atoms with E-state index in [2.05, 4.69) is 10.6 Å². The van der Waals surface area contributed by atoms with Crippen LogP contribution in [0, 0.1) is 0 Å². The Morgan fingerprint density at radius 3 is 3.00 bits per heavy atom. The van der Waals surface area contributed by atoms with Gasteiger partial charge in [-0.05, 0) is 13.5 Å². The van der Waals surface area contributed by atoms with Crippen LogP contribution >= 0.6 is 0 Å². The second-order valence-corrected chi connectivity index (χ2v) is 1.85. The van der Waals surface area contributed by atoms with Crippen molar-refractivity contribution in [3.63, 3.8) is 0 Å². The predicted octanol–water partition coefficient (Wildman–Crippen LogP) is -0.501. The van der Waals surface area contributed by atoms with Crippen molar-refractivity contribution in [2.24, 2.45) is 0 Å². The van der Waals surface area contributed by atoms with E-state index in [9.17, 15) is 0 Å². The lowest BCUT2D eigenvalue weighted by molar-refractivity contribution is -0.0154. The minimum atomic E-state index is 0.0868. The molecule has 0 bridgehead atoms. The van der Waals surface area contributed by atoms with Crippen molar-refractivity contribution >= 4 is 0 Å². The smallest absolute Gasteiger partial charge is 0.163 e. The molecule has 1 unspecified atom stereocenters. The maximum absolute atomic E-state index is 5.20. The van der Waals surface area contributed by atoms with Gasteiger partial charge in [-0.15, -0.1) is 0 Å². The molecule has 1 aliphatic rings. The summed E-state index contributed by atoms with van der Waals surface area (Å²) < 4.78 is 5.20. The third kappa shape index (κ3) is 1.43. The van der Waals surface area contributed by atoms with E-state index in [1.165, 1.54) is 0 Å². The molecule has 1 saturated heterocycles. The van der Waals surface area contributed by atoms with Gasteiger partial charge in [-0.2, -0.15) is 0 Å². The summed E-state index contributed by atoms with van der Waals surface area (Å²) in [6.07, 6.45) is 1.21. The lowest BCUT2D eigenvalue weighted by Crippen LogP contribution is -2.46. The van der Waals surface area contributed by atoms with E-state index in [1.54, 1.807) is 0 Å². The average molecular weight is 116 g/mol. The first-order chi connectivity index (χ1) is 3.93. The van der Waals surface area contributed by atoms with Crippen molar-refractivity contribution in [2.75, 3.05) is 20.2 Å². The van der Waals surface area contributed by atoms with Gasteiger partial charge in [0.25, 0.3) is 0 Å². The minimum Gasteiger partial charge on any atom is -0.350 e. The summed E-state index contributed by atoms with van der Waals surface area (Å²) in [5.74, 6) is 0. The fraction of sp³-hybridized carbons (Fsp3) is 1.00. The van der Waals surface area contributed by atoms with E-state index >= 15 is 0 Å². The van der Waals surface area contributed by atoms with Gasteiger partial charge in [0.1, 0.15) is 0 Å². The average Bonchev–Trinajstić information content (AvgIpc) is 1.90. The summed E-state index contributed by atoms with van der Waals surface area (Å²) in [5.41, 5.74) is 0. The first kappa shape index (κ1) is 6.01. The van der Waals surface area contributed by atoms with Gasteiger partial charge < -0.3 is 4.74 Å². The highest BCUT2D eigenvalue weighted by molar-refractivity contribution is 4.55. The standard InChI is InChI=1S/C5H12N2O/c1-6-5-7-3-2-4-8-5/h5-7H,2-4H2,1H3. The zero-order chi connectivity index (χ0) is 5.82. The second kappa shape index (κ2) is 3.02. The molecule has 0 aliphatic carbocycles. The summed E-state index contributed by atoms with van der Waals surface area (Å²) in [5, 5.41) is 6.11. The van der Waals surface area contributed by atoms with E-state index in [0.717, 1.165) is 19.6 Å². The van der Waals surface area contributed by atoms with Crippen LogP contribution in [-0.2, 0) is 4.74 Å². The Bertz CT molecular complexity index is 61.4. The normalized spacial score (nSPS) is 30.4. The molecule has 48 valence electrons. The molecule has 0 radical (unpaired) electrons. The van der Waals surface area contributed by atoms with Crippen LogP contribution in [0.4, 0.5) is 0 Å². The van der Waals surface area contributed by atoms with E-state index in [1.807, 2.05) is 7.05 Å². The summed E-state index contributed by atoms with van der Waals surface area (Å²) in [7, 11) is 1.88. The molecule has 0 amide bonds. The number of hydrogen-bond donors (Lipinski definition) is 2. The van der Waals surface area contributed by atoms with Crippen LogP contribution in [0.3, 0.4) is 0 Å². The monoisotopic (exact) mass is 116 g/mol. The molecule has 0 aromatic carbocycles. The SMILES string of the molecule is CNC1NCCCO1. The first-order valence-electron chi connectivity index (χ1n) is 2.96. The van der Waals surface area contributed by atoms with E-state index in [-0.39, 0.29) is 6.35 Å². The van der Waals surface area contributed by atoms with Gasteiger partial charge in [-0.1, -0.05) is 0 Å². The van der Waals surface area contributed by atoms with E-state index in [4.69, 9.17) is 4.74 Å². The van der Waals surface area contributed by atoms with Crippen LogP contribution in [0.5, 0.6) is 0 Å². The zero-order valence-electron chi connectivity index (χ0n) is 5.11. The molecule has 1 atom stereocenters. The molecule has 1 heterocycles. The summed E-state index contributed by atoms with van der Waals surface area (Å²) >= 11 is 0. The molecular formula is C5H12N2O. The van der Waals surface area contributed by atoms with Gasteiger partial charge >= 0.3 is 0 Å². The quantitative estimate of drug-likeness (QED) is 0.484. The van der Waals surface area contributed by atoms with E-state index in [0.29, 0.717) is 0 Å². The summed E-state index contributed by atoms with van der Waals surface area (Å²) in [4.78, 5) is 0. The third-order valence-electron chi connectivity index (χ3n) is 1.20. The molecule has 1 rings (SSSR count). The second-order valence-electron chi connectivity index (χ2n) is 1.85. The van der Waals surface area contributed by atoms with Crippen LogP contribution in [0.15, 0.2) is 0 Å². The van der Waals surface area contributed by atoms with Gasteiger partial charge in [0, 0.05) is 6.54 Å². The Labute approximate surface area is 49.4 Å². The Morgan fingerprint density at radius 2 is 2.62 bits per heavy atom. The Balaban J connectivity index is 2.13. The molecule has 0 aromatic rings. The van der Waals surface area contributed by atoms with Crippen LogP contribution in [0.1, 0.15) is 6.42 Å². The summed E-state index contributed by atoms with van der Waals surface area (Å²) in [6, 6.07) is 0. The highest BCUT2D eigenvalue weighted by Gasteiger charge is 2.07. The highest BCUT2D eigenvalue weighted by Crippen LogP contribution is 1.91. The van der Waals surface area contributed by atoms with Crippen LogP contribution in [-0.4, -0.2) is 26.6 Å². The first-order valence-corrected chi connectivity index (χ1v) is 2.96. The molecule has 1 aliphatic heterocycles. The Kier molecular flexibility index (Phi) is 2.27. The molecule has 8 heavy (non-hydrogen) atoms. The largest absolute Gasteiger partial charge is 0.350 e. The maximum Gasteiger partial charge on any atom is 0.163 e. The predicted molar refractivity (Wildman–Crippen MR) is 31.4 cm³/mol. The van der Waals surface area contributed by atoms with Gasteiger partial charge in [0.15, 0.2) is 6.35 Å². The molecule has 0 saturated carbocycles. The minimum absolute atomic E-state index is 0.0868. The molecule has 0 aromatic heterocycles. The third-order valence-corrected chi connectivity index (χ3v) is 1.20. The molecule has 3 heteroatoms. The molecular weight excluding hydrogens is 104 g/mol. The van der Waals surface area contributed by atoms with Crippen molar-refractivity contribution < 1.29 is 4.74 Å². The van der Waals surface area contributed by atoms with Crippen LogP contribution in [0.25, 0.3) is 0 Å². The molecule has 0 spiro atoms. The Hall–Kier alpha value is -0.120. The summed E-state index contributed by atoms with van der Waals surface area (Å²) in [6.45, 7) is 1.93. The maximum atomic E-state index is 5.20. The van der Waals surface area contributed by atoms with Crippen molar-refractivity contribution in [1.29, 1.82) is 0 Å². The van der Waals surface area contributed by atoms with Crippen molar-refractivity contribution in [1.82, 2.24) is 10.6 Å². The number of ether oxygens (including phenoxy) is 1. The lowest BCUT2D eigenvalue weighted by Gasteiger charge is -2.22.